The minimum Gasteiger partial charge on any atom is -0.508 e. The zero-order valence-electron chi connectivity index (χ0n) is 12.7. The molecule has 0 bridgehead atoms. The van der Waals surface area contributed by atoms with Gasteiger partial charge in [0, 0.05) is 18.0 Å². The number of aryl methyl sites for hydroxylation is 2. The van der Waals surface area contributed by atoms with Crippen molar-refractivity contribution in [2.24, 2.45) is 12.8 Å². The van der Waals surface area contributed by atoms with Crippen LogP contribution < -0.4 is 5.73 Å². The van der Waals surface area contributed by atoms with Crippen molar-refractivity contribution in [2.45, 2.75) is 13.8 Å². The van der Waals surface area contributed by atoms with Crippen molar-refractivity contribution in [2.75, 3.05) is 0 Å². The van der Waals surface area contributed by atoms with Crippen molar-refractivity contribution in [1.82, 2.24) is 9.78 Å². The number of amides is 1. The average molecular weight is 295 g/mol. The summed E-state index contributed by atoms with van der Waals surface area (Å²) in [7, 11) is 1.82. The van der Waals surface area contributed by atoms with Gasteiger partial charge in [-0.1, -0.05) is 6.07 Å². The molecule has 0 atom stereocenters. The fourth-order valence-corrected chi connectivity index (χ4v) is 2.85. The molecule has 22 heavy (non-hydrogen) atoms. The minimum absolute atomic E-state index is 0.224. The van der Waals surface area contributed by atoms with Crippen LogP contribution >= 0.6 is 0 Å². The number of aromatic hydroxyl groups is 1. The Balaban J connectivity index is 2.45. The highest BCUT2D eigenvalue weighted by Gasteiger charge is 2.16. The van der Waals surface area contributed by atoms with E-state index in [1.807, 2.05) is 27.0 Å². The molecular formula is C17H17N3O2. The number of hydrogen-bond donors (Lipinski definition) is 2. The predicted molar refractivity (Wildman–Crippen MR) is 85.8 cm³/mol. The lowest BCUT2D eigenvalue weighted by Crippen LogP contribution is -2.11. The number of nitrogens with two attached hydrogens (primary N) is 1. The second kappa shape index (κ2) is 4.87. The third-order valence-corrected chi connectivity index (χ3v) is 4.07. The number of phenols is 1. The molecule has 3 aromatic rings. The van der Waals surface area contributed by atoms with Crippen LogP contribution in [0.2, 0.25) is 0 Å². The van der Waals surface area contributed by atoms with Crippen molar-refractivity contribution in [1.29, 1.82) is 0 Å². The molecule has 1 aromatic heterocycles. The molecule has 112 valence electrons. The van der Waals surface area contributed by atoms with Crippen LogP contribution in [0.4, 0.5) is 0 Å². The Kier molecular flexibility index (Phi) is 3.13. The van der Waals surface area contributed by atoms with E-state index >= 15 is 0 Å². The highest BCUT2D eigenvalue weighted by atomic mass is 16.3. The number of aromatic nitrogens is 2. The maximum atomic E-state index is 11.6. The molecule has 0 aliphatic rings. The molecule has 1 amide bonds. The van der Waals surface area contributed by atoms with Crippen molar-refractivity contribution in [3.05, 3.63) is 47.2 Å². The summed E-state index contributed by atoms with van der Waals surface area (Å²) in [6.07, 6.45) is 1.76. The summed E-state index contributed by atoms with van der Waals surface area (Å²) in [5, 5.41) is 15.2. The summed E-state index contributed by atoms with van der Waals surface area (Å²) >= 11 is 0. The first kappa shape index (κ1) is 14.1. The quantitative estimate of drug-likeness (QED) is 0.762. The highest BCUT2D eigenvalue weighted by Crippen LogP contribution is 2.37. The third kappa shape index (κ3) is 2.02. The van der Waals surface area contributed by atoms with E-state index < -0.39 is 5.91 Å². The maximum Gasteiger partial charge on any atom is 0.248 e. The maximum absolute atomic E-state index is 11.6. The Bertz CT molecular complexity index is 910. The third-order valence-electron chi connectivity index (χ3n) is 4.07. The minimum atomic E-state index is -0.486. The average Bonchev–Trinajstić information content (AvgIpc) is 2.85. The predicted octanol–water partition coefficient (Wildman–Crippen LogP) is 2.66. The van der Waals surface area contributed by atoms with E-state index in [2.05, 4.69) is 5.10 Å². The molecule has 5 heteroatoms. The van der Waals surface area contributed by atoms with Gasteiger partial charge in [-0.15, -0.1) is 0 Å². The first-order valence-corrected chi connectivity index (χ1v) is 6.95. The molecule has 0 radical (unpaired) electrons. The normalized spacial score (nSPS) is 11.0. The van der Waals surface area contributed by atoms with E-state index in [1.165, 1.54) is 0 Å². The second-order valence-corrected chi connectivity index (χ2v) is 5.49. The van der Waals surface area contributed by atoms with Gasteiger partial charge < -0.3 is 10.8 Å². The van der Waals surface area contributed by atoms with Gasteiger partial charge in [0.2, 0.25) is 5.91 Å². The number of fused-ring (bicyclic) bond motifs is 1. The van der Waals surface area contributed by atoms with Crippen LogP contribution in [0.5, 0.6) is 5.75 Å². The van der Waals surface area contributed by atoms with Crippen LogP contribution in [-0.2, 0) is 7.05 Å². The lowest BCUT2D eigenvalue weighted by atomic mass is 9.91. The fraction of sp³-hybridized carbons (Fsp3) is 0.176. The summed E-state index contributed by atoms with van der Waals surface area (Å²) in [6.45, 7) is 3.83. The number of carbonyl (C=O) groups excluding carboxylic acids is 1. The molecule has 2 aromatic carbocycles. The van der Waals surface area contributed by atoms with Crippen LogP contribution in [-0.4, -0.2) is 20.8 Å². The Labute approximate surface area is 128 Å². The molecule has 0 aliphatic carbocycles. The SMILES string of the molecule is Cc1ccc(O)c(C)c1-c1cc(C(N)=O)cc2c1cnn2C. The molecule has 0 spiro atoms. The lowest BCUT2D eigenvalue weighted by Gasteiger charge is -2.14. The van der Waals surface area contributed by atoms with E-state index in [4.69, 9.17) is 5.73 Å². The topological polar surface area (TPSA) is 81.1 Å². The zero-order chi connectivity index (χ0) is 16.0. The Morgan fingerprint density at radius 2 is 2.00 bits per heavy atom. The molecule has 1 heterocycles. The Morgan fingerprint density at radius 3 is 2.68 bits per heavy atom. The zero-order valence-corrected chi connectivity index (χ0v) is 12.7. The molecule has 0 saturated heterocycles. The molecule has 3 rings (SSSR count). The summed E-state index contributed by atoms with van der Waals surface area (Å²) in [4.78, 5) is 11.6. The summed E-state index contributed by atoms with van der Waals surface area (Å²) < 4.78 is 1.71. The van der Waals surface area contributed by atoms with E-state index in [-0.39, 0.29) is 5.75 Å². The van der Waals surface area contributed by atoms with Gasteiger partial charge in [0.05, 0.1) is 11.7 Å². The van der Waals surface area contributed by atoms with Gasteiger partial charge in [-0.2, -0.15) is 5.10 Å². The van der Waals surface area contributed by atoms with Crippen molar-refractivity contribution < 1.29 is 9.90 Å². The number of carbonyl (C=O) groups is 1. The van der Waals surface area contributed by atoms with Crippen LogP contribution in [0.1, 0.15) is 21.5 Å². The number of primary amides is 1. The first-order valence-electron chi connectivity index (χ1n) is 6.95. The molecular weight excluding hydrogens is 278 g/mol. The largest absolute Gasteiger partial charge is 0.508 e. The van der Waals surface area contributed by atoms with Gasteiger partial charge in [0.15, 0.2) is 0 Å². The van der Waals surface area contributed by atoms with Gasteiger partial charge in [-0.25, -0.2) is 0 Å². The number of nitrogens with zero attached hydrogens (tertiary/aromatic N) is 2. The molecule has 3 N–H and O–H groups in total. The van der Waals surface area contributed by atoms with E-state index in [0.717, 1.165) is 33.2 Å². The highest BCUT2D eigenvalue weighted by molar-refractivity contribution is 6.04. The standard InChI is InChI=1S/C17H17N3O2/c1-9-4-5-15(21)10(2)16(9)12-6-11(17(18)22)7-14-13(12)8-19-20(14)3/h4-8,21H,1-3H3,(H2,18,22). The van der Waals surface area contributed by atoms with Crippen LogP contribution in [0.25, 0.3) is 22.0 Å². The van der Waals surface area contributed by atoms with Crippen molar-refractivity contribution in [3.8, 4) is 16.9 Å². The Morgan fingerprint density at radius 1 is 1.27 bits per heavy atom. The van der Waals surface area contributed by atoms with Crippen LogP contribution in [0.15, 0.2) is 30.5 Å². The smallest absolute Gasteiger partial charge is 0.248 e. The number of phenolic OH excluding ortho intramolecular Hbond substituents is 1. The van der Waals surface area contributed by atoms with Gasteiger partial charge in [-0.3, -0.25) is 9.48 Å². The monoisotopic (exact) mass is 295 g/mol. The van der Waals surface area contributed by atoms with Gasteiger partial charge >= 0.3 is 0 Å². The summed E-state index contributed by atoms with van der Waals surface area (Å²) in [5.41, 5.74) is 10.3. The van der Waals surface area contributed by atoms with E-state index in [1.54, 1.807) is 29.1 Å². The summed E-state index contributed by atoms with van der Waals surface area (Å²) in [6, 6.07) is 7.03. The van der Waals surface area contributed by atoms with Crippen LogP contribution in [0, 0.1) is 13.8 Å². The molecule has 0 saturated carbocycles. The molecule has 0 aliphatic heterocycles. The molecule has 5 nitrogen and oxygen atoms in total. The van der Waals surface area contributed by atoms with Gasteiger partial charge in [0.25, 0.3) is 0 Å². The molecule has 0 fully saturated rings. The fourth-order valence-electron chi connectivity index (χ4n) is 2.85. The van der Waals surface area contributed by atoms with Gasteiger partial charge in [0.1, 0.15) is 5.75 Å². The van der Waals surface area contributed by atoms with E-state index in [0.29, 0.717) is 5.56 Å². The lowest BCUT2D eigenvalue weighted by molar-refractivity contribution is 0.100. The number of rotatable bonds is 2. The number of benzene rings is 2. The van der Waals surface area contributed by atoms with Crippen molar-refractivity contribution in [3.63, 3.8) is 0 Å². The van der Waals surface area contributed by atoms with Gasteiger partial charge in [-0.05, 0) is 54.3 Å². The van der Waals surface area contributed by atoms with Crippen molar-refractivity contribution >= 4 is 16.8 Å². The molecule has 0 unspecified atom stereocenters. The first-order chi connectivity index (χ1) is 10.4. The van der Waals surface area contributed by atoms with Crippen LogP contribution in [0.3, 0.4) is 0 Å². The number of hydrogen-bond acceptors (Lipinski definition) is 3. The summed E-state index contributed by atoms with van der Waals surface area (Å²) in [5.74, 6) is -0.262. The van der Waals surface area contributed by atoms with E-state index in [9.17, 15) is 9.90 Å². The Hall–Kier alpha value is -2.82. The second-order valence-electron chi connectivity index (χ2n) is 5.49.